The second-order valence-corrected chi connectivity index (χ2v) is 4.87. The lowest BCUT2D eigenvalue weighted by Crippen LogP contribution is -2.35. The first-order valence-electron chi connectivity index (χ1n) is 6.16. The Kier molecular flexibility index (Phi) is 4.92. The van der Waals surface area contributed by atoms with Gasteiger partial charge < -0.3 is 15.3 Å². The largest absolute Gasteiger partial charge is 0.480 e. The Hall–Kier alpha value is -2.04. The summed E-state index contributed by atoms with van der Waals surface area (Å²) in [7, 11) is 1.46. The molecule has 1 aromatic rings. The fourth-order valence-electron chi connectivity index (χ4n) is 1.82. The van der Waals surface area contributed by atoms with Gasteiger partial charge in [0.05, 0.1) is 0 Å². The van der Waals surface area contributed by atoms with Gasteiger partial charge in [-0.1, -0.05) is 32.0 Å². The lowest BCUT2D eigenvalue weighted by molar-refractivity contribution is -0.137. The highest BCUT2D eigenvalue weighted by molar-refractivity contribution is 5.92. The highest BCUT2D eigenvalue weighted by atomic mass is 16.4. The summed E-state index contributed by atoms with van der Waals surface area (Å²) in [6.07, 6.45) is 0. The van der Waals surface area contributed by atoms with Crippen LogP contribution in [0, 0.1) is 6.92 Å². The van der Waals surface area contributed by atoms with E-state index in [0.717, 1.165) is 21.7 Å². The molecule has 2 N–H and O–H groups in total. The predicted molar refractivity (Wildman–Crippen MR) is 74.6 cm³/mol. The van der Waals surface area contributed by atoms with Gasteiger partial charge in [-0.3, -0.25) is 4.79 Å². The average Bonchev–Trinajstić information content (AvgIpc) is 2.30. The zero-order chi connectivity index (χ0) is 14.6. The molecule has 0 radical (unpaired) electrons. The number of aryl methyl sites for hydroxylation is 1. The Morgan fingerprint density at radius 1 is 1.37 bits per heavy atom. The van der Waals surface area contributed by atoms with Crippen molar-refractivity contribution in [3.05, 3.63) is 29.3 Å². The molecule has 0 saturated heterocycles. The molecule has 0 unspecified atom stereocenters. The van der Waals surface area contributed by atoms with Gasteiger partial charge in [0.15, 0.2) is 0 Å². The Labute approximate surface area is 113 Å². The molecule has 0 saturated carbocycles. The number of aliphatic carboxylic acids is 1. The summed E-state index contributed by atoms with van der Waals surface area (Å²) < 4.78 is 0. The molecule has 0 bridgehead atoms. The van der Waals surface area contributed by atoms with Gasteiger partial charge in [0.25, 0.3) is 0 Å². The van der Waals surface area contributed by atoms with Gasteiger partial charge in [-0.05, 0) is 24.0 Å². The standard InChI is InChI=1S/C14H20N2O3/c1-9(2)11-7-5-6-10(3)13(11)15-14(19)16(4)8-12(17)18/h5-7,9H,8H2,1-4H3,(H,15,19)(H,17,18). The van der Waals surface area contributed by atoms with Crippen LogP contribution in [0.1, 0.15) is 30.9 Å². The van der Waals surface area contributed by atoms with Crippen molar-refractivity contribution in [2.75, 3.05) is 18.9 Å². The molecule has 0 aliphatic heterocycles. The third-order valence-corrected chi connectivity index (χ3v) is 2.88. The molecule has 5 nitrogen and oxygen atoms in total. The first kappa shape index (κ1) is 15.0. The van der Waals surface area contributed by atoms with E-state index in [0.29, 0.717) is 0 Å². The van der Waals surface area contributed by atoms with Crippen LogP contribution in [0.3, 0.4) is 0 Å². The minimum Gasteiger partial charge on any atom is -0.480 e. The van der Waals surface area contributed by atoms with Crippen LogP contribution in [-0.2, 0) is 4.79 Å². The quantitative estimate of drug-likeness (QED) is 0.878. The number of hydrogen-bond acceptors (Lipinski definition) is 2. The number of likely N-dealkylation sites (N-methyl/N-ethyl adjacent to an activating group) is 1. The maximum Gasteiger partial charge on any atom is 0.323 e. The number of hydrogen-bond donors (Lipinski definition) is 2. The van der Waals surface area contributed by atoms with Crippen molar-refractivity contribution < 1.29 is 14.7 Å². The first-order valence-corrected chi connectivity index (χ1v) is 6.16. The number of carbonyl (C=O) groups is 2. The average molecular weight is 264 g/mol. The third-order valence-electron chi connectivity index (χ3n) is 2.88. The van der Waals surface area contributed by atoms with Gasteiger partial charge in [0.2, 0.25) is 0 Å². The van der Waals surface area contributed by atoms with E-state index in [1.807, 2.05) is 39.0 Å². The number of nitrogens with one attached hydrogen (secondary N) is 1. The number of amides is 2. The summed E-state index contributed by atoms with van der Waals surface area (Å²) in [5.41, 5.74) is 2.76. The third kappa shape index (κ3) is 3.98. The Balaban J connectivity index is 2.93. The summed E-state index contributed by atoms with van der Waals surface area (Å²) >= 11 is 0. The van der Waals surface area contributed by atoms with E-state index >= 15 is 0 Å². The summed E-state index contributed by atoms with van der Waals surface area (Å²) in [6, 6.07) is 5.41. The van der Waals surface area contributed by atoms with Gasteiger partial charge in [0.1, 0.15) is 6.54 Å². The van der Waals surface area contributed by atoms with Crippen molar-refractivity contribution in [1.29, 1.82) is 0 Å². The van der Waals surface area contributed by atoms with Crippen LogP contribution >= 0.6 is 0 Å². The number of carboxylic acids is 1. The molecule has 0 aliphatic rings. The van der Waals surface area contributed by atoms with Crippen molar-refractivity contribution in [2.45, 2.75) is 26.7 Å². The van der Waals surface area contributed by atoms with Crippen LogP contribution in [0.2, 0.25) is 0 Å². The number of benzene rings is 1. The van der Waals surface area contributed by atoms with E-state index in [9.17, 15) is 9.59 Å². The maximum atomic E-state index is 11.9. The summed E-state index contributed by atoms with van der Waals surface area (Å²) in [5.74, 6) is -0.758. The lowest BCUT2D eigenvalue weighted by Gasteiger charge is -2.20. The van der Waals surface area contributed by atoms with Gasteiger partial charge in [0, 0.05) is 12.7 Å². The van der Waals surface area contributed by atoms with Crippen molar-refractivity contribution in [3.8, 4) is 0 Å². The summed E-state index contributed by atoms with van der Waals surface area (Å²) in [4.78, 5) is 23.7. The Morgan fingerprint density at radius 3 is 2.53 bits per heavy atom. The van der Waals surface area contributed by atoms with Gasteiger partial charge in [-0.15, -0.1) is 0 Å². The number of anilines is 1. The van der Waals surface area contributed by atoms with Crippen molar-refractivity contribution in [3.63, 3.8) is 0 Å². The van der Waals surface area contributed by atoms with E-state index in [1.54, 1.807) is 0 Å². The fourth-order valence-corrected chi connectivity index (χ4v) is 1.82. The topological polar surface area (TPSA) is 69.6 Å². The van der Waals surface area contributed by atoms with Gasteiger partial charge in [-0.25, -0.2) is 4.79 Å². The monoisotopic (exact) mass is 264 g/mol. The second-order valence-electron chi connectivity index (χ2n) is 4.87. The van der Waals surface area contributed by atoms with Crippen LogP contribution in [0.4, 0.5) is 10.5 Å². The van der Waals surface area contributed by atoms with Crippen LogP contribution in [-0.4, -0.2) is 35.6 Å². The van der Waals surface area contributed by atoms with Crippen molar-refractivity contribution >= 4 is 17.7 Å². The second kappa shape index (κ2) is 6.22. The van der Waals surface area contributed by atoms with Crippen LogP contribution in [0.15, 0.2) is 18.2 Å². The highest BCUT2D eigenvalue weighted by Crippen LogP contribution is 2.27. The number of carbonyl (C=O) groups excluding carboxylic acids is 1. The number of urea groups is 1. The molecule has 0 heterocycles. The number of nitrogens with zero attached hydrogens (tertiary/aromatic N) is 1. The zero-order valence-electron chi connectivity index (χ0n) is 11.7. The highest BCUT2D eigenvalue weighted by Gasteiger charge is 2.16. The smallest absolute Gasteiger partial charge is 0.323 e. The molecule has 0 spiro atoms. The SMILES string of the molecule is Cc1cccc(C(C)C)c1NC(=O)N(C)CC(=O)O. The molecule has 104 valence electrons. The molecule has 19 heavy (non-hydrogen) atoms. The molecule has 2 amide bonds. The summed E-state index contributed by atoms with van der Waals surface area (Å²) in [5, 5.41) is 11.5. The van der Waals surface area contributed by atoms with E-state index < -0.39 is 12.0 Å². The number of rotatable bonds is 4. The predicted octanol–water partition coefficient (Wildman–Crippen LogP) is 2.67. The van der Waals surface area contributed by atoms with Crippen molar-refractivity contribution in [1.82, 2.24) is 4.90 Å². The first-order chi connectivity index (χ1) is 8.82. The molecule has 0 aromatic heterocycles. The van der Waals surface area contributed by atoms with E-state index in [2.05, 4.69) is 5.32 Å². The lowest BCUT2D eigenvalue weighted by atomic mass is 9.98. The zero-order valence-corrected chi connectivity index (χ0v) is 11.7. The molecule has 1 rings (SSSR count). The maximum absolute atomic E-state index is 11.9. The number of carboxylic acid groups (broad SMARTS) is 1. The normalized spacial score (nSPS) is 10.4. The summed E-state index contributed by atoms with van der Waals surface area (Å²) in [6.45, 7) is 5.68. The molecule has 0 atom stereocenters. The van der Waals surface area contributed by atoms with E-state index in [4.69, 9.17) is 5.11 Å². The minimum absolute atomic E-state index is 0.278. The molecule has 0 aliphatic carbocycles. The van der Waals surface area contributed by atoms with E-state index in [1.165, 1.54) is 7.05 Å². The van der Waals surface area contributed by atoms with Crippen LogP contribution in [0.5, 0.6) is 0 Å². The van der Waals surface area contributed by atoms with Crippen molar-refractivity contribution in [2.24, 2.45) is 0 Å². The van der Waals surface area contributed by atoms with Gasteiger partial charge in [-0.2, -0.15) is 0 Å². The molecular formula is C14H20N2O3. The molecule has 0 fully saturated rings. The fraction of sp³-hybridized carbons (Fsp3) is 0.429. The molecule has 1 aromatic carbocycles. The Morgan fingerprint density at radius 2 is 2.00 bits per heavy atom. The molecule has 5 heteroatoms. The number of para-hydroxylation sites is 1. The van der Waals surface area contributed by atoms with E-state index in [-0.39, 0.29) is 12.5 Å². The van der Waals surface area contributed by atoms with Crippen LogP contribution < -0.4 is 5.32 Å². The van der Waals surface area contributed by atoms with Crippen LogP contribution in [0.25, 0.3) is 0 Å². The minimum atomic E-state index is -1.04. The Bertz CT molecular complexity index is 484. The molecular weight excluding hydrogens is 244 g/mol. The van der Waals surface area contributed by atoms with Gasteiger partial charge >= 0.3 is 12.0 Å².